The SMILES string of the molecule is O=C([O-])c1cc2c(s1)-c1cc(F)ccc1OC2. The summed E-state index contributed by atoms with van der Waals surface area (Å²) in [6.07, 6.45) is 0. The molecule has 86 valence electrons. The van der Waals surface area contributed by atoms with Gasteiger partial charge in [-0.1, -0.05) is 0 Å². The van der Waals surface area contributed by atoms with Crippen molar-refractivity contribution in [3.8, 4) is 16.2 Å². The van der Waals surface area contributed by atoms with E-state index in [4.69, 9.17) is 4.74 Å². The number of carboxylic acids is 1. The van der Waals surface area contributed by atoms with E-state index in [1.165, 1.54) is 18.2 Å². The highest BCUT2D eigenvalue weighted by Crippen LogP contribution is 2.42. The Labute approximate surface area is 100 Å². The number of hydrogen-bond donors (Lipinski definition) is 0. The molecule has 1 aliphatic heterocycles. The number of halogens is 1. The summed E-state index contributed by atoms with van der Waals surface area (Å²) in [5.41, 5.74) is 1.36. The van der Waals surface area contributed by atoms with Crippen molar-refractivity contribution in [2.45, 2.75) is 6.61 Å². The molecule has 1 aromatic heterocycles. The summed E-state index contributed by atoms with van der Waals surface area (Å²) in [5.74, 6) is -1.02. The van der Waals surface area contributed by atoms with E-state index in [1.54, 1.807) is 6.07 Å². The van der Waals surface area contributed by atoms with Gasteiger partial charge in [-0.15, -0.1) is 11.3 Å². The molecule has 3 rings (SSSR count). The van der Waals surface area contributed by atoms with E-state index in [0.29, 0.717) is 17.9 Å². The fourth-order valence-corrected chi connectivity index (χ4v) is 2.85. The number of thiophene rings is 1. The monoisotopic (exact) mass is 249 g/mol. The second-order valence-corrected chi connectivity index (χ2v) is 4.73. The van der Waals surface area contributed by atoms with Crippen LogP contribution in [0.25, 0.3) is 10.4 Å². The molecule has 0 unspecified atom stereocenters. The van der Waals surface area contributed by atoms with Crippen LogP contribution in [0.5, 0.6) is 5.75 Å². The Morgan fingerprint density at radius 3 is 3.00 bits per heavy atom. The minimum Gasteiger partial charge on any atom is -0.544 e. The van der Waals surface area contributed by atoms with E-state index >= 15 is 0 Å². The molecule has 0 fully saturated rings. The van der Waals surface area contributed by atoms with E-state index < -0.39 is 5.97 Å². The number of benzene rings is 1. The summed E-state index contributed by atoms with van der Waals surface area (Å²) >= 11 is 1.09. The maximum absolute atomic E-state index is 13.2. The van der Waals surface area contributed by atoms with Gasteiger partial charge in [0.25, 0.3) is 0 Å². The van der Waals surface area contributed by atoms with Gasteiger partial charge in [-0.05, 0) is 24.3 Å². The van der Waals surface area contributed by atoms with Gasteiger partial charge in [-0.3, -0.25) is 0 Å². The predicted octanol–water partition coefficient (Wildman–Crippen LogP) is 1.81. The first kappa shape index (κ1) is 10.3. The largest absolute Gasteiger partial charge is 0.544 e. The van der Waals surface area contributed by atoms with Gasteiger partial charge < -0.3 is 14.6 Å². The number of carbonyl (C=O) groups is 1. The van der Waals surface area contributed by atoms with Gasteiger partial charge >= 0.3 is 0 Å². The lowest BCUT2D eigenvalue weighted by Crippen LogP contribution is -2.20. The highest BCUT2D eigenvalue weighted by Gasteiger charge is 2.21. The molecule has 17 heavy (non-hydrogen) atoms. The number of carbonyl (C=O) groups excluding carboxylic acids is 1. The summed E-state index contributed by atoms with van der Waals surface area (Å²) in [7, 11) is 0. The molecule has 0 atom stereocenters. The summed E-state index contributed by atoms with van der Waals surface area (Å²) in [5, 5.41) is 10.8. The Morgan fingerprint density at radius 1 is 1.41 bits per heavy atom. The average molecular weight is 249 g/mol. The quantitative estimate of drug-likeness (QED) is 0.774. The molecule has 0 amide bonds. The fourth-order valence-electron chi connectivity index (χ4n) is 1.83. The first-order valence-corrected chi connectivity index (χ1v) is 5.73. The minimum atomic E-state index is -1.22. The van der Waals surface area contributed by atoms with Gasteiger partial charge in [-0.25, -0.2) is 4.39 Å². The van der Waals surface area contributed by atoms with Crippen molar-refractivity contribution in [1.82, 2.24) is 0 Å². The lowest BCUT2D eigenvalue weighted by atomic mass is 10.1. The normalized spacial score (nSPS) is 12.5. The van der Waals surface area contributed by atoms with Crippen LogP contribution in [0.15, 0.2) is 24.3 Å². The van der Waals surface area contributed by atoms with Crippen molar-refractivity contribution in [3.05, 3.63) is 40.5 Å². The van der Waals surface area contributed by atoms with Gasteiger partial charge in [0.05, 0.1) is 10.8 Å². The van der Waals surface area contributed by atoms with Crippen LogP contribution in [0.1, 0.15) is 15.2 Å². The zero-order valence-corrected chi connectivity index (χ0v) is 9.34. The van der Waals surface area contributed by atoms with E-state index in [-0.39, 0.29) is 10.7 Å². The molecule has 1 aromatic carbocycles. The number of aromatic carboxylic acids is 1. The highest BCUT2D eigenvalue weighted by molar-refractivity contribution is 7.17. The van der Waals surface area contributed by atoms with Gasteiger partial charge in [0, 0.05) is 16.0 Å². The third kappa shape index (κ3) is 1.59. The fraction of sp³-hybridized carbons (Fsp3) is 0.0833. The van der Waals surface area contributed by atoms with Gasteiger partial charge in [0.15, 0.2) is 0 Å². The predicted molar refractivity (Wildman–Crippen MR) is 58.4 cm³/mol. The summed E-state index contributed by atoms with van der Waals surface area (Å²) < 4.78 is 18.6. The molecular weight excluding hydrogens is 243 g/mol. The van der Waals surface area contributed by atoms with E-state index in [1.807, 2.05) is 0 Å². The second kappa shape index (κ2) is 3.56. The molecule has 0 aliphatic carbocycles. The smallest absolute Gasteiger partial charge is 0.128 e. The molecular formula is C12H6FO3S-. The Morgan fingerprint density at radius 2 is 2.24 bits per heavy atom. The molecule has 0 N–H and O–H groups in total. The van der Waals surface area contributed by atoms with E-state index in [0.717, 1.165) is 21.8 Å². The lowest BCUT2D eigenvalue weighted by Gasteiger charge is -2.17. The Hall–Kier alpha value is -1.88. The maximum atomic E-state index is 13.2. The molecule has 0 saturated carbocycles. The average Bonchev–Trinajstić information content (AvgIpc) is 2.73. The van der Waals surface area contributed by atoms with Crippen LogP contribution in [-0.4, -0.2) is 5.97 Å². The Balaban J connectivity index is 2.21. The number of ether oxygens (including phenoxy) is 1. The Kier molecular flexibility index (Phi) is 2.16. The lowest BCUT2D eigenvalue weighted by molar-refractivity contribution is -0.254. The van der Waals surface area contributed by atoms with Crippen LogP contribution < -0.4 is 9.84 Å². The van der Waals surface area contributed by atoms with Gasteiger partial charge in [-0.2, -0.15) is 0 Å². The van der Waals surface area contributed by atoms with Crippen LogP contribution in [0, 0.1) is 5.82 Å². The summed E-state index contributed by atoms with van der Waals surface area (Å²) in [6.45, 7) is 0.303. The number of hydrogen-bond acceptors (Lipinski definition) is 4. The van der Waals surface area contributed by atoms with Crippen molar-refractivity contribution >= 4 is 17.3 Å². The van der Waals surface area contributed by atoms with Crippen molar-refractivity contribution in [3.63, 3.8) is 0 Å². The van der Waals surface area contributed by atoms with Crippen molar-refractivity contribution < 1.29 is 19.0 Å². The molecule has 2 heterocycles. The zero-order chi connectivity index (χ0) is 12.0. The first-order chi connectivity index (χ1) is 8.15. The molecule has 0 spiro atoms. The third-order valence-corrected chi connectivity index (χ3v) is 3.77. The van der Waals surface area contributed by atoms with Gasteiger partial charge in [0.2, 0.25) is 0 Å². The number of fused-ring (bicyclic) bond motifs is 3. The number of carboxylic acid groups (broad SMARTS) is 1. The van der Waals surface area contributed by atoms with Crippen LogP contribution in [0.4, 0.5) is 4.39 Å². The van der Waals surface area contributed by atoms with Gasteiger partial charge in [0.1, 0.15) is 18.2 Å². The topological polar surface area (TPSA) is 49.4 Å². The second-order valence-electron chi connectivity index (χ2n) is 3.68. The molecule has 1 aliphatic rings. The van der Waals surface area contributed by atoms with Crippen LogP contribution in [0.3, 0.4) is 0 Å². The zero-order valence-electron chi connectivity index (χ0n) is 8.53. The maximum Gasteiger partial charge on any atom is 0.128 e. The van der Waals surface area contributed by atoms with Crippen LogP contribution in [0.2, 0.25) is 0 Å². The van der Waals surface area contributed by atoms with Crippen molar-refractivity contribution in [2.75, 3.05) is 0 Å². The summed E-state index contributed by atoms with van der Waals surface area (Å²) in [4.78, 5) is 11.7. The molecule has 0 saturated heterocycles. The standard InChI is InChI=1S/C12H7FO3S/c13-7-1-2-9-8(4-7)11-6(5-16-9)3-10(17-11)12(14)15/h1-4H,5H2,(H,14,15)/p-1. The molecule has 3 nitrogen and oxygen atoms in total. The molecule has 5 heteroatoms. The van der Waals surface area contributed by atoms with Crippen LogP contribution >= 0.6 is 11.3 Å². The number of rotatable bonds is 1. The van der Waals surface area contributed by atoms with Crippen molar-refractivity contribution in [2.24, 2.45) is 0 Å². The minimum absolute atomic E-state index is 0.135. The van der Waals surface area contributed by atoms with Crippen molar-refractivity contribution in [1.29, 1.82) is 0 Å². The molecule has 0 bridgehead atoms. The molecule has 0 radical (unpaired) electrons. The third-order valence-electron chi connectivity index (χ3n) is 2.58. The van der Waals surface area contributed by atoms with E-state index in [2.05, 4.69) is 0 Å². The highest BCUT2D eigenvalue weighted by atomic mass is 32.1. The Bertz CT molecular complexity index is 618. The van der Waals surface area contributed by atoms with E-state index in [9.17, 15) is 14.3 Å². The summed E-state index contributed by atoms with van der Waals surface area (Å²) in [6, 6.07) is 5.73. The molecule has 2 aromatic rings. The van der Waals surface area contributed by atoms with Crippen LogP contribution in [-0.2, 0) is 6.61 Å². The first-order valence-electron chi connectivity index (χ1n) is 4.92.